The predicted octanol–water partition coefficient (Wildman–Crippen LogP) is 4.01. The summed E-state index contributed by atoms with van der Waals surface area (Å²) < 4.78 is 10.4. The van der Waals surface area contributed by atoms with Crippen molar-refractivity contribution in [3.63, 3.8) is 0 Å². The third kappa shape index (κ3) is 5.23. The van der Waals surface area contributed by atoms with Crippen molar-refractivity contribution in [2.45, 2.75) is 6.42 Å². The number of nitrogens with one attached hydrogen (secondary N) is 2. The second-order valence-corrected chi connectivity index (χ2v) is 6.14. The summed E-state index contributed by atoms with van der Waals surface area (Å²) in [5, 5.41) is 6.12. The van der Waals surface area contributed by atoms with Gasteiger partial charge in [0, 0.05) is 30.1 Å². The monoisotopic (exact) mass is 377 g/mol. The molecule has 0 atom stereocenters. The van der Waals surface area contributed by atoms with Crippen LogP contribution < -0.4 is 20.1 Å². The number of ether oxygens (including phenoxy) is 2. The topological polar surface area (TPSA) is 72.5 Å². The maximum atomic E-state index is 12.5. The molecule has 1 amide bonds. The molecule has 0 aliphatic carbocycles. The zero-order chi connectivity index (χ0) is 19.8. The number of hydrogen-bond acceptors (Lipinski definition) is 5. The van der Waals surface area contributed by atoms with Gasteiger partial charge in [0.25, 0.3) is 5.91 Å². The maximum Gasteiger partial charge on any atom is 0.255 e. The minimum atomic E-state index is -0.202. The smallest absolute Gasteiger partial charge is 0.255 e. The second kappa shape index (κ2) is 9.41. The van der Waals surface area contributed by atoms with Crippen molar-refractivity contribution in [1.29, 1.82) is 0 Å². The summed E-state index contributed by atoms with van der Waals surface area (Å²) >= 11 is 0. The second-order valence-electron chi connectivity index (χ2n) is 6.14. The summed E-state index contributed by atoms with van der Waals surface area (Å²) in [5.74, 6) is 1.98. The third-order valence-corrected chi connectivity index (χ3v) is 4.20. The largest absolute Gasteiger partial charge is 0.497 e. The van der Waals surface area contributed by atoms with Gasteiger partial charge in [-0.2, -0.15) is 0 Å². The number of aromatic nitrogens is 1. The molecule has 144 valence electrons. The summed E-state index contributed by atoms with van der Waals surface area (Å²) in [7, 11) is 3.25. The van der Waals surface area contributed by atoms with Crippen LogP contribution in [0.4, 0.5) is 11.5 Å². The van der Waals surface area contributed by atoms with Crippen LogP contribution in [0.1, 0.15) is 15.9 Å². The lowest BCUT2D eigenvalue weighted by molar-refractivity contribution is 0.102. The Morgan fingerprint density at radius 2 is 1.71 bits per heavy atom. The van der Waals surface area contributed by atoms with Gasteiger partial charge in [-0.1, -0.05) is 18.2 Å². The van der Waals surface area contributed by atoms with Crippen molar-refractivity contribution in [2.24, 2.45) is 0 Å². The van der Waals surface area contributed by atoms with E-state index in [1.165, 1.54) is 5.56 Å². The lowest BCUT2D eigenvalue weighted by Crippen LogP contribution is -2.13. The first-order chi connectivity index (χ1) is 13.7. The highest BCUT2D eigenvalue weighted by Gasteiger charge is 2.08. The van der Waals surface area contributed by atoms with Crippen molar-refractivity contribution in [2.75, 3.05) is 31.4 Å². The number of rotatable bonds is 8. The Balaban J connectivity index is 1.59. The number of hydrogen-bond donors (Lipinski definition) is 2. The lowest BCUT2D eigenvalue weighted by Gasteiger charge is -2.09. The first kappa shape index (κ1) is 19.2. The number of amides is 1. The van der Waals surface area contributed by atoms with Gasteiger partial charge >= 0.3 is 0 Å². The van der Waals surface area contributed by atoms with E-state index in [9.17, 15) is 4.79 Å². The van der Waals surface area contributed by atoms with Crippen LogP contribution >= 0.6 is 0 Å². The predicted molar refractivity (Wildman–Crippen MR) is 110 cm³/mol. The zero-order valence-electron chi connectivity index (χ0n) is 15.9. The van der Waals surface area contributed by atoms with Crippen molar-refractivity contribution in [1.82, 2.24) is 4.98 Å². The molecule has 0 spiro atoms. The van der Waals surface area contributed by atoms with Crippen molar-refractivity contribution >= 4 is 17.4 Å². The van der Waals surface area contributed by atoms with Crippen LogP contribution in [-0.2, 0) is 6.42 Å². The van der Waals surface area contributed by atoms with Gasteiger partial charge in [-0.25, -0.2) is 4.98 Å². The van der Waals surface area contributed by atoms with E-state index in [1.54, 1.807) is 38.6 Å². The van der Waals surface area contributed by atoms with Gasteiger partial charge in [0.15, 0.2) is 0 Å². The summed E-state index contributed by atoms with van der Waals surface area (Å²) in [6.07, 6.45) is 2.44. The Kier molecular flexibility index (Phi) is 6.46. The fourth-order valence-corrected chi connectivity index (χ4v) is 2.74. The van der Waals surface area contributed by atoms with Crippen LogP contribution in [-0.4, -0.2) is 31.7 Å². The molecule has 6 heteroatoms. The number of carbonyl (C=O) groups excluding carboxylic acids is 1. The highest BCUT2D eigenvalue weighted by atomic mass is 16.5. The third-order valence-electron chi connectivity index (χ3n) is 4.20. The van der Waals surface area contributed by atoms with Crippen molar-refractivity contribution in [3.8, 4) is 11.5 Å². The minimum absolute atomic E-state index is 0.202. The fraction of sp³-hybridized carbons (Fsp3) is 0.182. The molecule has 0 radical (unpaired) electrons. The van der Waals surface area contributed by atoms with E-state index in [1.807, 2.05) is 36.4 Å². The molecule has 28 heavy (non-hydrogen) atoms. The molecule has 3 rings (SSSR count). The standard InChI is InChI=1S/C22H23N3O3/c1-27-19-7-3-5-16(13-19)9-11-23-21-14-17(10-12-24-21)22(26)25-18-6-4-8-20(15-18)28-2/h3-8,10,12-15H,9,11H2,1-2H3,(H,23,24)(H,25,26). The van der Waals surface area contributed by atoms with Gasteiger partial charge in [0.2, 0.25) is 0 Å². The van der Waals surface area contributed by atoms with E-state index in [-0.39, 0.29) is 5.91 Å². The van der Waals surface area contributed by atoms with Crippen molar-refractivity contribution in [3.05, 3.63) is 78.0 Å². The summed E-state index contributed by atoms with van der Waals surface area (Å²) in [5.41, 5.74) is 2.37. The zero-order valence-corrected chi connectivity index (χ0v) is 15.9. The molecular formula is C22H23N3O3. The fourth-order valence-electron chi connectivity index (χ4n) is 2.74. The van der Waals surface area contributed by atoms with Gasteiger partial charge in [-0.3, -0.25) is 4.79 Å². The molecule has 0 saturated heterocycles. The van der Waals surface area contributed by atoms with Gasteiger partial charge in [0.05, 0.1) is 14.2 Å². The van der Waals surface area contributed by atoms with E-state index in [2.05, 4.69) is 21.7 Å². The number of methoxy groups -OCH3 is 2. The van der Waals surface area contributed by atoms with Crippen molar-refractivity contribution < 1.29 is 14.3 Å². The van der Waals surface area contributed by atoms with E-state index in [4.69, 9.17) is 9.47 Å². The van der Waals surface area contributed by atoms with Crippen LogP contribution in [0.3, 0.4) is 0 Å². The molecule has 3 aromatic rings. The maximum absolute atomic E-state index is 12.5. The molecule has 1 heterocycles. The summed E-state index contributed by atoms with van der Waals surface area (Å²) in [6.45, 7) is 0.696. The first-order valence-corrected chi connectivity index (χ1v) is 8.96. The van der Waals surface area contributed by atoms with E-state index < -0.39 is 0 Å². The number of anilines is 2. The molecular weight excluding hydrogens is 354 g/mol. The average molecular weight is 377 g/mol. The van der Waals surface area contributed by atoms with Gasteiger partial charge in [0.1, 0.15) is 17.3 Å². The Morgan fingerprint density at radius 3 is 2.50 bits per heavy atom. The Bertz CT molecular complexity index is 944. The number of benzene rings is 2. The number of pyridine rings is 1. The highest BCUT2D eigenvalue weighted by molar-refractivity contribution is 6.04. The number of nitrogens with zero attached hydrogens (tertiary/aromatic N) is 1. The van der Waals surface area contributed by atoms with Gasteiger partial charge in [-0.15, -0.1) is 0 Å². The van der Waals surface area contributed by atoms with Gasteiger partial charge in [-0.05, 0) is 48.4 Å². The molecule has 0 aliphatic rings. The Morgan fingerprint density at radius 1 is 0.964 bits per heavy atom. The van der Waals surface area contributed by atoms with Crippen LogP contribution in [0, 0.1) is 0 Å². The molecule has 0 saturated carbocycles. The van der Waals surface area contributed by atoms with Crippen LogP contribution in [0.5, 0.6) is 11.5 Å². The van der Waals surface area contributed by atoms with Crippen LogP contribution in [0.15, 0.2) is 66.9 Å². The summed E-state index contributed by atoms with van der Waals surface area (Å²) in [4.78, 5) is 16.8. The van der Waals surface area contributed by atoms with E-state index in [0.717, 1.165) is 12.2 Å². The molecule has 0 fully saturated rings. The Labute approximate surface area is 164 Å². The van der Waals surface area contributed by atoms with E-state index >= 15 is 0 Å². The quantitative estimate of drug-likeness (QED) is 0.621. The molecule has 1 aromatic heterocycles. The molecule has 2 aromatic carbocycles. The lowest BCUT2D eigenvalue weighted by atomic mass is 10.1. The molecule has 0 unspecified atom stereocenters. The van der Waals surface area contributed by atoms with Gasteiger partial charge < -0.3 is 20.1 Å². The molecule has 2 N–H and O–H groups in total. The highest BCUT2D eigenvalue weighted by Crippen LogP contribution is 2.18. The van der Waals surface area contributed by atoms with Crippen LogP contribution in [0.25, 0.3) is 0 Å². The summed E-state index contributed by atoms with van der Waals surface area (Å²) in [6, 6.07) is 18.6. The minimum Gasteiger partial charge on any atom is -0.497 e. The molecule has 0 bridgehead atoms. The first-order valence-electron chi connectivity index (χ1n) is 8.96. The molecule has 6 nitrogen and oxygen atoms in total. The van der Waals surface area contributed by atoms with E-state index in [0.29, 0.717) is 29.4 Å². The molecule has 0 aliphatic heterocycles. The average Bonchev–Trinajstić information content (AvgIpc) is 2.74. The van der Waals surface area contributed by atoms with Crippen LogP contribution in [0.2, 0.25) is 0 Å². The normalized spacial score (nSPS) is 10.2. The SMILES string of the molecule is COc1cccc(CCNc2cc(C(=O)Nc3cccc(OC)c3)ccn2)c1. The number of carbonyl (C=O) groups is 1. The Hall–Kier alpha value is -3.54.